The van der Waals surface area contributed by atoms with Crippen molar-refractivity contribution in [3.05, 3.63) is 17.0 Å². The lowest BCUT2D eigenvalue weighted by molar-refractivity contribution is -0.139. The molecule has 1 atom stereocenters. The maximum absolute atomic E-state index is 11.8. The van der Waals surface area contributed by atoms with Crippen LogP contribution >= 0.6 is 0 Å². The normalized spacial score (nSPS) is 12.8. The van der Waals surface area contributed by atoms with Crippen molar-refractivity contribution in [2.24, 2.45) is 0 Å². The van der Waals surface area contributed by atoms with Crippen LogP contribution < -0.4 is 5.32 Å². The molecule has 0 spiro atoms. The van der Waals surface area contributed by atoms with E-state index in [1.807, 2.05) is 25.5 Å². The lowest BCUT2D eigenvalue weighted by Crippen LogP contribution is -2.44. The third-order valence-corrected chi connectivity index (χ3v) is 3.23. The van der Waals surface area contributed by atoms with E-state index in [1.54, 1.807) is 20.8 Å². The molecular weight excluding hydrogens is 286 g/mol. The number of nitrogens with one attached hydrogen (secondary N) is 1. The van der Waals surface area contributed by atoms with Crippen LogP contribution in [0.3, 0.4) is 0 Å². The molecule has 0 saturated heterocycles. The van der Waals surface area contributed by atoms with Gasteiger partial charge in [-0.05, 0) is 47.1 Å². The molecule has 124 valence electrons. The highest BCUT2D eigenvalue weighted by molar-refractivity contribution is 5.80. The van der Waals surface area contributed by atoms with Gasteiger partial charge in [0.15, 0.2) is 0 Å². The smallest absolute Gasteiger partial charge is 0.408 e. The molecule has 0 radical (unpaired) electrons. The van der Waals surface area contributed by atoms with E-state index >= 15 is 0 Å². The third kappa shape index (κ3) is 4.75. The van der Waals surface area contributed by atoms with Gasteiger partial charge in [0, 0.05) is 18.7 Å². The Balaban J connectivity index is 2.88. The van der Waals surface area contributed by atoms with Gasteiger partial charge in [-0.3, -0.25) is 4.68 Å². The quantitative estimate of drug-likeness (QED) is 0.868. The van der Waals surface area contributed by atoms with Crippen molar-refractivity contribution in [2.75, 3.05) is 0 Å². The summed E-state index contributed by atoms with van der Waals surface area (Å²) in [4.78, 5) is 23.2. The highest BCUT2D eigenvalue weighted by atomic mass is 16.6. The minimum Gasteiger partial charge on any atom is -0.480 e. The lowest BCUT2D eigenvalue weighted by atomic mass is 10.0. The van der Waals surface area contributed by atoms with Gasteiger partial charge in [-0.15, -0.1) is 0 Å². The molecule has 1 heterocycles. The van der Waals surface area contributed by atoms with Crippen molar-refractivity contribution >= 4 is 12.1 Å². The largest absolute Gasteiger partial charge is 0.480 e. The Labute approximate surface area is 130 Å². The molecule has 0 bridgehead atoms. The Kier molecular flexibility index (Phi) is 5.57. The molecule has 0 aliphatic heterocycles. The third-order valence-electron chi connectivity index (χ3n) is 3.23. The van der Waals surface area contributed by atoms with Gasteiger partial charge in [-0.2, -0.15) is 5.10 Å². The first-order valence-corrected chi connectivity index (χ1v) is 7.30. The molecule has 1 aromatic rings. The van der Waals surface area contributed by atoms with E-state index < -0.39 is 23.7 Å². The molecule has 2 N–H and O–H groups in total. The Morgan fingerprint density at radius 2 is 1.95 bits per heavy atom. The second-order valence-electron chi connectivity index (χ2n) is 6.21. The van der Waals surface area contributed by atoms with Gasteiger partial charge in [0.2, 0.25) is 0 Å². The molecule has 0 aliphatic carbocycles. The number of carboxylic acids is 1. The SMILES string of the molecule is CCn1nc(C)c(CC(NC(=O)OC(C)(C)C)C(=O)O)c1C. The van der Waals surface area contributed by atoms with Gasteiger partial charge in [0.1, 0.15) is 11.6 Å². The summed E-state index contributed by atoms with van der Waals surface area (Å²) in [6, 6.07) is -1.05. The van der Waals surface area contributed by atoms with Crippen LogP contribution in [-0.4, -0.2) is 38.6 Å². The molecule has 7 nitrogen and oxygen atoms in total. The highest BCUT2D eigenvalue weighted by Gasteiger charge is 2.26. The van der Waals surface area contributed by atoms with Gasteiger partial charge >= 0.3 is 12.1 Å². The number of alkyl carbamates (subject to hydrolysis) is 1. The van der Waals surface area contributed by atoms with Crippen LogP contribution in [-0.2, 0) is 22.5 Å². The van der Waals surface area contributed by atoms with E-state index in [4.69, 9.17) is 4.74 Å². The molecule has 1 aromatic heterocycles. The fourth-order valence-corrected chi connectivity index (χ4v) is 2.19. The number of ether oxygens (including phenoxy) is 1. The zero-order chi connectivity index (χ0) is 17.1. The summed E-state index contributed by atoms with van der Waals surface area (Å²) in [7, 11) is 0. The van der Waals surface area contributed by atoms with Crippen molar-refractivity contribution in [2.45, 2.75) is 66.2 Å². The number of amides is 1. The van der Waals surface area contributed by atoms with Crippen LogP contribution in [0.1, 0.15) is 44.6 Å². The summed E-state index contributed by atoms with van der Waals surface area (Å²) in [5.41, 5.74) is 1.85. The Bertz CT molecular complexity index is 558. The number of aliphatic carboxylic acids is 1. The zero-order valence-corrected chi connectivity index (χ0v) is 14.1. The Morgan fingerprint density at radius 3 is 2.36 bits per heavy atom. The number of carbonyl (C=O) groups is 2. The molecule has 0 saturated carbocycles. The van der Waals surface area contributed by atoms with Gasteiger partial charge in [0.25, 0.3) is 0 Å². The number of hydrogen-bond acceptors (Lipinski definition) is 4. The van der Waals surface area contributed by atoms with Gasteiger partial charge < -0.3 is 15.2 Å². The average Bonchev–Trinajstić information content (AvgIpc) is 2.62. The predicted octanol–water partition coefficient (Wildman–Crippen LogP) is 2.04. The lowest BCUT2D eigenvalue weighted by Gasteiger charge is -2.22. The van der Waals surface area contributed by atoms with Crippen LogP contribution in [0.2, 0.25) is 0 Å². The number of carboxylic acid groups (broad SMARTS) is 1. The zero-order valence-electron chi connectivity index (χ0n) is 14.1. The summed E-state index contributed by atoms with van der Waals surface area (Å²) < 4.78 is 6.93. The van der Waals surface area contributed by atoms with Crippen LogP contribution in [0.5, 0.6) is 0 Å². The van der Waals surface area contributed by atoms with Crippen molar-refractivity contribution in [1.82, 2.24) is 15.1 Å². The van der Waals surface area contributed by atoms with Gasteiger partial charge in [-0.1, -0.05) is 0 Å². The number of hydrogen-bond donors (Lipinski definition) is 2. The van der Waals surface area contributed by atoms with E-state index in [9.17, 15) is 14.7 Å². The summed E-state index contributed by atoms with van der Waals surface area (Å²) in [5.74, 6) is -1.10. The molecule has 0 aromatic carbocycles. The fraction of sp³-hybridized carbons (Fsp3) is 0.667. The van der Waals surface area contributed by atoms with E-state index in [2.05, 4.69) is 10.4 Å². The summed E-state index contributed by atoms with van der Waals surface area (Å²) >= 11 is 0. The maximum Gasteiger partial charge on any atom is 0.408 e. The van der Waals surface area contributed by atoms with E-state index in [0.717, 1.165) is 17.0 Å². The van der Waals surface area contributed by atoms with Gasteiger partial charge in [0.05, 0.1) is 5.69 Å². The molecule has 22 heavy (non-hydrogen) atoms. The molecule has 0 aliphatic rings. The first-order chi connectivity index (χ1) is 10.0. The Morgan fingerprint density at radius 1 is 1.36 bits per heavy atom. The number of aryl methyl sites for hydroxylation is 2. The van der Waals surface area contributed by atoms with Crippen molar-refractivity contribution in [3.63, 3.8) is 0 Å². The molecule has 1 unspecified atom stereocenters. The summed E-state index contributed by atoms with van der Waals surface area (Å²) in [5, 5.41) is 16.1. The standard InChI is InChI=1S/C15H25N3O4/c1-7-18-10(3)11(9(2)17-18)8-12(13(19)20)16-14(21)22-15(4,5)6/h12H,7-8H2,1-6H3,(H,16,21)(H,19,20). The second-order valence-corrected chi connectivity index (χ2v) is 6.21. The molecular formula is C15H25N3O4. The molecule has 7 heteroatoms. The number of rotatable bonds is 5. The molecule has 0 fully saturated rings. The van der Waals surface area contributed by atoms with E-state index in [-0.39, 0.29) is 6.42 Å². The molecule has 1 rings (SSSR count). The van der Waals surface area contributed by atoms with Crippen molar-refractivity contribution < 1.29 is 19.4 Å². The van der Waals surface area contributed by atoms with Crippen molar-refractivity contribution in [3.8, 4) is 0 Å². The van der Waals surface area contributed by atoms with Crippen LogP contribution in [0.25, 0.3) is 0 Å². The maximum atomic E-state index is 11.8. The van der Waals surface area contributed by atoms with Crippen molar-refractivity contribution in [1.29, 1.82) is 0 Å². The second kappa shape index (κ2) is 6.81. The van der Waals surface area contributed by atoms with E-state index in [1.165, 1.54) is 0 Å². The number of nitrogens with zero attached hydrogens (tertiary/aromatic N) is 2. The monoisotopic (exact) mass is 311 g/mol. The first-order valence-electron chi connectivity index (χ1n) is 7.30. The van der Waals surface area contributed by atoms with Crippen LogP contribution in [0, 0.1) is 13.8 Å². The average molecular weight is 311 g/mol. The minimum atomic E-state index is -1.10. The molecule has 1 amide bonds. The topological polar surface area (TPSA) is 93.5 Å². The van der Waals surface area contributed by atoms with Gasteiger partial charge in [-0.25, -0.2) is 9.59 Å². The fourth-order valence-electron chi connectivity index (χ4n) is 2.19. The highest BCUT2D eigenvalue weighted by Crippen LogP contribution is 2.16. The number of carbonyl (C=O) groups excluding carboxylic acids is 1. The first kappa shape index (κ1) is 18.0. The van der Waals surface area contributed by atoms with Crippen LogP contribution in [0.15, 0.2) is 0 Å². The predicted molar refractivity (Wildman–Crippen MR) is 81.9 cm³/mol. The van der Waals surface area contributed by atoms with Crippen LogP contribution in [0.4, 0.5) is 4.79 Å². The number of aromatic nitrogens is 2. The minimum absolute atomic E-state index is 0.173. The Hall–Kier alpha value is -2.05. The summed E-state index contributed by atoms with van der Waals surface area (Å²) in [6.07, 6.45) is -0.565. The van der Waals surface area contributed by atoms with E-state index in [0.29, 0.717) is 6.54 Å². The summed E-state index contributed by atoms with van der Waals surface area (Å²) in [6.45, 7) is 11.6.